The summed E-state index contributed by atoms with van der Waals surface area (Å²) in [6, 6.07) is 0. The summed E-state index contributed by atoms with van der Waals surface area (Å²) >= 11 is 0. The molecule has 0 aliphatic heterocycles. The van der Waals surface area contributed by atoms with E-state index in [2.05, 4.69) is 52.7 Å². The zero-order chi connectivity index (χ0) is 17.6. The lowest BCUT2D eigenvalue weighted by Gasteiger charge is -2.15. The molecule has 25 heavy (non-hydrogen) atoms. The second-order valence-corrected chi connectivity index (χ2v) is 6.00. The van der Waals surface area contributed by atoms with Crippen molar-refractivity contribution in [2.75, 3.05) is 19.6 Å². The summed E-state index contributed by atoms with van der Waals surface area (Å²) < 4.78 is 2.08. The van der Waals surface area contributed by atoms with E-state index >= 15 is 0 Å². The summed E-state index contributed by atoms with van der Waals surface area (Å²) in [5.41, 5.74) is 0. The Hall–Kier alpha value is -1.12. The SMILES string of the molecule is C=CCNC(=NCC(CC)CCCC)NCCn1cnnc1CC.I. The maximum Gasteiger partial charge on any atom is 0.191 e. The van der Waals surface area contributed by atoms with Gasteiger partial charge in [0, 0.05) is 32.6 Å². The molecule has 144 valence electrons. The molecule has 1 atom stereocenters. The van der Waals surface area contributed by atoms with E-state index in [0.29, 0.717) is 12.5 Å². The van der Waals surface area contributed by atoms with Crippen LogP contribution < -0.4 is 10.6 Å². The molecule has 1 rings (SSSR count). The van der Waals surface area contributed by atoms with E-state index in [4.69, 9.17) is 4.99 Å². The molecular formula is C18H35IN6. The molecule has 0 aromatic carbocycles. The molecule has 1 unspecified atom stereocenters. The van der Waals surface area contributed by atoms with E-state index in [0.717, 1.165) is 37.8 Å². The Morgan fingerprint density at radius 1 is 1.36 bits per heavy atom. The van der Waals surface area contributed by atoms with Gasteiger partial charge in [0.15, 0.2) is 5.96 Å². The summed E-state index contributed by atoms with van der Waals surface area (Å²) in [5, 5.41) is 14.8. The number of nitrogens with zero attached hydrogens (tertiary/aromatic N) is 4. The number of hydrogen-bond acceptors (Lipinski definition) is 3. The van der Waals surface area contributed by atoms with Crippen LogP contribution in [-0.2, 0) is 13.0 Å². The largest absolute Gasteiger partial charge is 0.355 e. The average molecular weight is 462 g/mol. The summed E-state index contributed by atoms with van der Waals surface area (Å²) in [4.78, 5) is 4.75. The fourth-order valence-electron chi connectivity index (χ4n) is 2.52. The van der Waals surface area contributed by atoms with Gasteiger partial charge in [-0.2, -0.15) is 0 Å². The van der Waals surface area contributed by atoms with Crippen molar-refractivity contribution in [1.82, 2.24) is 25.4 Å². The first-order chi connectivity index (χ1) is 11.7. The number of rotatable bonds is 12. The van der Waals surface area contributed by atoms with Gasteiger partial charge in [-0.15, -0.1) is 40.8 Å². The Bertz CT molecular complexity index is 486. The van der Waals surface area contributed by atoms with Crippen LogP contribution in [0.15, 0.2) is 24.0 Å². The molecular weight excluding hydrogens is 427 g/mol. The minimum absolute atomic E-state index is 0. The normalized spacial score (nSPS) is 12.4. The van der Waals surface area contributed by atoms with Crippen molar-refractivity contribution in [3.05, 3.63) is 24.8 Å². The van der Waals surface area contributed by atoms with Crippen LogP contribution in [0, 0.1) is 5.92 Å². The van der Waals surface area contributed by atoms with E-state index in [9.17, 15) is 0 Å². The quantitative estimate of drug-likeness (QED) is 0.216. The molecule has 7 heteroatoms. The van der Waals surface area contributed by atoms with Gasteiger partial charge in [-0.1, -0.05) is 46.1 Å². The highest BCUT2D eigenvalue weighted by Gasteiger charge is 2.06. The van der Waals surface area contributed by atoms with E-state index < -0.39 is 0 Å². The monoisotopic (exact) mass is 462 g/mol. The minimum atomic E-state index is 0. The third-order valence-electron chi connectivity index (χ3n) is 4.12. The summed E-state index contributed by atoms with van der Waals surface area (Å²) in [7, 11) is 0. The first-order valence-corrected chi connectivity index (χ1v) is 9.24. The van der Waals surface area contributed by atoms with Gasteiger partial charge in [-0.05, 0) is 12.3 Å². The molecule has 0 fully saturated rings. The Morgan fingerprint density at radius 2 is 2.16 bits per heavy atom. The van der Waals surface area contributed by atoms with Crippen molar-refractivity contribution in [2.45, 2.75) is 59.4 Å². The van der Waals surface area contributed by atoms with Crippen LogP contribution in [0.2, 0.25) is 0 Å². The second kappa shape index (κ2) is 15.2. The van der Waals surface area contributed by atoms with Crippen molar-refractivity contribution in [3.8, 4) is 0 Å². The molecule has 2 N–H and O–H groups in total. The van der Waals surface area contributed by atoms with Gasteiger partial charge < -0.3 is 15.2 Å². The van der Waals surface area contributed by atoms with Gasteiger partial charge >= 0.3 is 0 Å². The highest BCUT2D eigenvalue weighted by molar-refractivity contribution is 14.0. The highest BCUT2D eigenvalue weighted by atomic mass is 127. The fourth-order valence-corrected chi connectivity index (χ4v) is 2.52. The Morgan fingerprint density at radius 3 is 2.80 bits per heavy atom. The zero-order valence-electron chi connectivity index (χ0n) is 16.0. The number of aliphatic imine (C=N–C) groups is 1. The van der Waals surface area contributed by atoms with Crippen molar-refractivity contribution in [2.24, 2.45) is 10.9 Å². The predicted molar refractivity (Wildman–Crippen MR) is 117 cm³/mol. The number of hydrogen-bond donors (Lipinski definition) is 2. The fraction of sp³-hybridized carbons (Fsp3) is 0.722. The van der Waals surface area contributed by atoms with Gasteiger partial charge in [0.25, 0.3) is 0 Å². The Labute approximate surface area is 170 Å². The van der Waals surface area contributed by atoms with E-state index in [1.54, 1.807) is 6.33 Å². The molecule has 1 aromatic rings. The molecule has 1 aromatic heterocycles. The lowest BCUT2D eigenvalue weighted by atomic mass is 10.00. The molecule has 0 saturated heterocycles. The molecule has 0 aliphatic rings. The lowest BCUT2D eigenvalue weighted by molar-refractivity contribution is 0.461. The molecule has 6 nitrogen and oxygen atoms in total. The van der Waals surface area contributed by atoms with Crippen LogP contribution in [0.5, 0.6) is 0 Å². The van der Waals surface area contributed by atoms with Crippen LogP contribution in [0.1, 0.15) is 52.3 Å². The molecule has 0 bridgehead atoms. The van der Waals surface area contributed by atoms with Gasteiger partial charge in [-0.25, -0.2) is 0 Å². The van der Waals surface area contributed by atoms with Gasteiger partial charge in [0.1, 0.15) is 12.2 Å². The smallest absolute Gasteiger partial charge is 0.191 e. The zero-order valence-corrected chi connectivity index (χ0v) is 18.3. The molecule has 0 radical (unpaired) electrons. The third kappa shape index (κ3) is 9.81. The van der Waals surface area contributed by atoms with Crippen molar-refractivity contribution < 1.29 is 0 Å². The summed E-state index contributed by atoms with van der Waals surface area (Å²) in [6.07, 6.45) is 9.49. The van der Waals surface area contributed by atoms with Gasteiger partial charge in [-0.3, -0.25) is 4.99 Å². The van der Waals surface area contributed by atoms with Crippen molar-refractivity contribution >= 4 is 29.9 Å². The number of unbranched alkanes of at least 4 members (excludes halogenated alkanes) is 1. The summed E-state index contributed by atoms with van der Waals surface area (Å²) in [5.74, 6) is 2.53. The van der Waals surface area contributed by atoms with E-state index in [1.807, 2.05) is 6.08 Å². The number of nitrogens with one attached hydrogen (secondary N) is 2. The van der Waals surface area contributed by atoms with Crippen LogP contribution >= 0.6 is 24.0 Å². The number of aromatic nitrogens is 3. The first-order valence-electron chi connectivity index (χ1n) is 9.24. The molecule has 0 spiro atoms. The number of guanidine groups is 1. The molecule has 0 aliphatic carbocycles. The van der Waals surface area contributed by atoms with E-state index in [1.165, 1.54) is 25.7 Å². The second-order valence-electron chi connectivity index (χ2n) is 6.00. The maximum atomic E-state index is 4.75. The topological polar surface area (TPSA) is 67.1 Å². The van der Waals surface area contributed by atoms with Crippen LogP contribution in [0.4, 0.5) is 0 Å². The maximum absolute atomic E-state index is 4.75. The molecule has 0 saturated carbocycles. The lowest BCUT2D eigenvalue weighted by Crippen LogP contribution is -2.39. The van der Waals surface area contributed by atoms with Gasteiger partial charge in [0.05, 0.1) is 0 Å². The Kier molecular flexibility index (Phi) is 14.5. The predicted octanol–water partition coefficient (Wildman–Crippen LogP) is 3.40. The molecule has 1 heterocycles. The van der Waals surface area contributed by atoms with Crippen LogP contribution in [0.3, 0.4) is 0 Å². The third-order valence-corrected chi connectivity index (χ3v) is 4.12. The highest BCUT2D eigenvalue weighted by Crippen LogP contribution is 2.12. The standard InChI is InChI=1S/C18H34N6.HI/c1-5-9-10-16(7-3)14-21-18(19-11-6-2)20-12-13-24-15-22-23-17(24)8-4;/h6,15-16H,2,5,7-14H2,1,3-4H3,(H2,19,20,21);1H. The minimum Gasteiger partial charge on any atom is -0.355 e. The van der Waals surface area contributed by atoms with Crippen LogP contribution in [0.25, 0.3) is 0 Å². The first kappa shape index (κ1) is 23.9. The number of halogens is 1. The van der Waals surface area contributed by atoms with Gasteiger partial charge in [0.2, 0.25) is 0 Å². The number of aryl methyl sites for hydroxylation is 1. The molecule has 0 amide bonds. The Balaban J connectivity index is 0.00000576. The van der Waals surface area contributed by atoms with Crippen molar-refractivity contribution in [3.63, 3.8) is 0 Å². The summed E-state index contributed by atoms with van der Waals surface area (Å²) in [6.45, 7) is 13.5. The van der Waals surface area contributed by atoms with Crippen LogP contribution in [-0.4, -0.2) is 40.4 Å². The average Bonchev–Trinajstić information content (AvgIpc) is 3.06. The van der Waals surface area contributed by atoms with E-state index in [-0.39, 0.29) is 24.0 Å². The van der Waals surface area contributed by atoms with Crippen molar-refractivity contribution in [1.29, 1.82) is 0 Å².